The number of pyridine rings is 1. The number of nitrogens with zero attached hydrogens (tertiary/aromatic N) is 4. The van der Waals surface area contributed by atoms with Gasteiger partial charge in [-0.3, -0.25) is 4.57 Å². The van der Waals surface area contributed by atoms with Gasteiger partial charge in [0.15, 0.2) is 5.82 Å². The molecular formula is C19H12N4S. The van der Waals surface area contributed by atoms with Crippen LogP contribution in [0, 0.1) is 6.57 Å². The van der Waals surface area contributed by atoms with Crippen molar-refractivity contribution >= 4 is 17.2 Å². The number of thiophene rings is 1. The van der Waals surface area contributed by atoms with Gasteiger partial charge < -0.3 is 4.85 Å². The third-order valence-electron chi connectivity index (χ3n) is 3.61. The van der Waals surface area contributed by atoms with Crippen molar-refractivity contribution in [2.75, 3.05) is 0 Å². The zero-order valence-electron chi connectivity index (χ0n) is 12.6. The van der Waals surface area contributed by atoms with Gasteiger partial charge in [0.1, 0.15) is 0 Å². The highest BCUT2D eigenvalue weighted by molar-refractivity contribution is 7.18. The molecule has 4 aromatic rings. The molecule has 0 bridgehead atoms. The van der Waals surface area contributed by atoms with Crippen LogP contribution in [0.2, 0.25) is 0 Å². The number of hydrogen-bond donors (Lipinski definition) is 0. The molecule has 0 aliphatic rings. The lowest BCUT2D eigenvalue weighted by atomic mass is 10.2. The van der Waals surface area contributed by atoms with Gasteiger partial charge in [-0.15, -0.1) is 16.3 Å². The Labute approximate surface area is 143 Å². The molecule has 0 aliphatic heterocycles. The molecular weight excluding hydrogens is 316 g/mol. The monoisotopic (exact) mass is 328 g/mol. The zero-order chi connectivity index (χ0) is 16.4. The molecule has 0 saturated carbocycles. The molecule has 4 nitrogen and oxygen atoms in total. The summed E-state index contributed by atoms with van der Waals surface area (Å²) < 4.78 is 1.91. The van der Waals surface area contributed by atoms with Crippen molar-refractivity contribution in [1.82, 2.24) is 14.5 Å². The number of hydrogen-bond acceptors (Lipinski definition) is 3. The minimum atomic E-state index is 0.378. The lowest BCUT2D eigenvalue weighted by molar-refractivity contribution is 1.01. The second-order valence-electron chi connectivity index (χ2n) is 5.12. The lowest BCUT2D eigenvalue weighted by Crippen LogP contribution is -1.97. The third-order valence-corrected chi connectivity index (χ3v) is 4.74. The first-order valence-corrected chi connectivity index (χ1v) is 8.21. The van der Waals surface area contributed by atoms with Crippen LogP contribution in [0.4, 0.5) is 5.82 Å². The molecule has 3 heterocycles. The summed E-state index contributed by atoms with van der Waals surface area (Å²) in [5.41, 5.74) is 1.19. The van der Waals surface area contributed by atoms with Crippen LogP contribution in [0.3, 0.4) is 0 Å². The van der Waals surface area contributed by atoms with E-state index in [0.717, 1.165) is 10.7 Å². The molecule has 0 amide bonds. The molecule has 0 radical (unpaired) electrons. The van der Waals surface area contributed by atoms with Crippen LogP contribution in [0.25, 0.3) is 31.8 Å². The number of aromatic nitrogens is 3. The molecule has 0 unspecified atom stereocenters. The maximum atomic E-state index is 7.12. The maximum absolute atomic E-state index is 7.12. The highest BCUT2D eigenvalue weighted by Gasteiger charge is 2.14. The van der Waals surface area contributed by atoms with Crippen LogP contribution in [0.5, 0.6) is 0 Å². The Kier molecular flexibility index (Phi) is 3.66. The molecule has 1 aromatic carbocycles. The van der Waals surface area contributed by atoms with E-state index in [2.05, 4.69) is 39.1 Å². The third kappa shape index (κ3) is 2.60. The SMILES string of the molecule is [C-]#[N+]c1cccc(-n2ccnc2-c2ccc(-c3ccccc3)s2)n1. The highest BCUT2D eigenvalue weighted by atomic mass is 32.1. The first-order valence-electron chi connectivity index (χ1n) is 7.39. The van der Waals surface area contributed by atoms with Crippen molar-refractivity contribution < 1.29 is 0 Å². The van der Waals surface area contributed by atoms with Gasteiger partial charge in [0.2, 0.25) is 5.82 Å². The second kappa shape index (κ2) is 6.11. The molecule has 0 saturated heterocycles. The van der Waals surface area contributed by atoms with E-state index in [-0.39, 0.29) is 0 Å². The molecule has 24 heavy (non-hydrogen) atoms. The summed E-state index contributed by atoms with van der Waals surface area (Å²) in [4.78, 5) is 14.5. The predicted octanol–water partition coefficient (Wildman–Crippen LogP) is 5.21. The Morgan fingerprint density at radius 1 is 0.917 bits per heavy atom. The van der Waals surface area contributed by atoms with E-state index < -0.39 is 0 Å². The van der Waals surface area contributed by atoms with Gasteiger partial charge in [-0.25, -0.2) is 4.98 Å². The summed E-state index contributed by atoms with van der Waals surface area (Å²) in [6, 6.07) is 19.9. The standard InChI is InChI=1S/C19H12N4S/c1-20-17-8-5-9-18(22-17)23-13-12-21-19(23)16-11-10-15(24-16)14-6-3-2-4-7-14/h2-13H. The van der Waals surface area contributed by atoms with Crippen molar-refractivity contribution in [3.05, 3.63) is 84.5 Å². The van der Waals surface area contributed by atoms with Crippen LogP contribution in [-0.2, 0) is 0 Å². The minimum Gasteiger partial charge on any atom is -0.361 e. The molecule has 0 N–H and O–H groups in total. The number of benzene rings is 1. The van der Waals surface area contributed by atoms with Gasteiger partial charge in [0.25, 0.3) is 5.82 Å². The van der Waals surface area contributed by atoms with Gasteiger partial charge in [-0.2, -0.15) is 0 Å². The first kappa shape index (κ1) is 14.4. The summed E-state index contributed by atoms with van der Waals surface area (Å²) in [5, 5.41) is 0. The molecule has 114 valence electrons. The summed E-state index contributed by atoms with van der Waals surface area (Å²) in [5.74, 6) is 1.91. The van der Waals surface area contributed by atoms with Crippen LogP contribution in [0.15, 0.2) is 73.1 Å². The summed E-state index contributed by atoms with van der Waals surface area (Å²) in [6.07, 6.45) is 3.62. The number of rotatable bonds is 3. The van der Waals surface area contributed by atoms with Crippen LogP contribution in [-0.4, -0.2) is 14.5 Å². The van der Waals surface area contributed by atoms with Gasteiger partial charge in [-0.1, -0.05) is 43.0 Å². The molecule has 3 aromatic heterocycles. The molecule has 5 heteroatoms. The summed E-state index contributed by atoms with van der Waals surface area (Å²) in [6.45, 7) is 7.12. The van der Waals surface area contributed by atoms with Crippen LogP contribution < -0.4 is 0 Å². The summed E-state index contributed by atoms with van der Waals surface area (Å²) in [7, 11) is 0. The molecule has 0 spiro atoms. The van der Waals surface area contributed by atoms with E-state index >= 15 is 0 Å². The van der Waals surface area contributed by atoms with E-state index in [1.54, 1.807) is 23.6 Å². The Morgan fingerprint density at radius 3 is 2.58 bits per heavy atom. The second-order valence-corrected chi connectivity index (χ2v) is 6.20. The summed E-state index contributed by atoms with van der Waals surface area (Å²) >= 11 is 1.69. The van der Waals surface area contributed by atoms with Gasteiger partial charge >= 0.3 is 0 Å². The molecule has 0 atom stereocenters. The molecule has 0 aliphatic carbocycles. The predicted molar refractivity (Wildman–Crippen MR) is 96.4 cm³/mol. The van der Waals surface area contributed by atoms with Crippen molar-refractivity contribution in [3.8, 4) is 27.0 Å². The fourth-order valence-electron chi connectivity index (χ4n) is 2.49. The largest absolute Gasteiger partial charge is 0.361 e. The van der Waals surface area contributed by atoms with Crippen molar-refractivity contribution in [2.45, 2.75) is 0 Å². The van der Waals surface area contributed by atoms with Crippen LogP contribution in [0.1, 0.15) is 0 Å². The Hall–Kier alpha value is -3.23. The van der Waals surface area contributed by atoms with Crippen molar-refractivity contribution in [3.63, 3.8) is 0 Å². The smallest absolute Gasteiger partial charge is 0.271 e. The van der Waals surface area contributed by atoms with Crippen molar-refractivity contribution in [2.24, 2.45) is 0 Å². The van der Waals surface area contributed by atoms with Gasteiger partial charge in [0.05, 0.1) is 4.88 Å². The van der Waals surface area contributed by atoms with E-state index in [1.807, 2.05) is 41.1 Å². The first-order chi connectivity index (χ1) is 11.8. The van der Waals surface area contributed by atoms with Crippen molar-refractivity contribution in [1.29, 1.82) is 0 Å². The van der Waals surface area contributed by atoms with E-state index in [9.17, 15) is 0 Å². The Morgan fingerprint density at radius 2 is 1.75 bits per heavy atom. The van der Waals surface area contributed by atoms with E-state index in [4.69, 9.17) is 6.57 Å². The Balaban J connectivity index is 1.76. The van der Waals surface area contributed by atoms with Gasteiger partial charge in [-0.05, 0) is 23.8 Å². The molecule has 4 rings (SSSR count). The topological polar surface area (TPSA) is 35.1 Å². The normalized spacial score (nSPS) is 10.5. The highest BCUT2D eigenvalue weighted by Crippen LogP contribution is 2.34. The zero-order valence-corrected chi connectivity index (χ0v) is 13.4. The Bertz CT molecular complexity index is 1020. The quantitative estimate of drug-likeness (QED) is 0.484. The van der Waals surface area contributed by atoms with E-state index in [1.165, 1.54) is 10.4 Å². The van der Waals surface area contributed by atoms with Gasteiger partial charge in [0, 0.05) is 23.3 Å². The lowest BCUT2D eigenvalue weighted by Gasteiger charge is -2.02. The average molecular weight is 328 g/mol. The molecule has 0 fully saturated rings. The fourth-order valence-corrected chi connectivity index (χ4v) is 3.50. The van der Waals surface area contributed by atoms with E-state index in [0.29, 0.717) is 11.6 Å². The number of imidazole rings is 1. The minimum absolute atomic E-state index is 0.378. The fraction of sp³-hybridized carbons (Fsp3) is 0. The van der Waals surface area contributed by atoms with Crippen LogP contribution >= 0.6 is 11.3 Å². The maximum Gasteiger partial charge on any atom is 0.271 e. The average Bonchev–Trinajstić information content (AvgIpc) is 3.31.